The number of carboxylic acid groups (broad SMARTS) is 1. The SMILES string of the molecule is CCSCCC(NC(=O)C(Cl)(Cl)Cl)C(=O)O. The smallest absolute Gasteiger partial charge is 0.326 e. The van der Waals surface area contributed by atoms with Crippen LogP contribution in [0.3, 0.4) is 0 Å². The van der Waals surface area contributed by atoms with Crippen molar-refractivity contribution in [3.05, 3.63) is 0 Å². The number of thioether (sulfide) groups is 1. The summed E-state index contributed by atoms with van der Waals surface area (Å²) in [6.45, 7) is 1.96. The second-order valence-electron chi connectivity index (χ2n) is 2.85. The van der Waals surface area contributed by atoms with Gasteiger partial charge in [0.25, 0.3) is 9.70 Å². The second-order valence-corrected chi connectivity index (χ2v) is 6.52. The molecule has 8 heteroatoms. The number of carboxylic acids is 1. The molecule has 16 heavy (non-hydrogen) atoms. The van der Waals surface area contributed by atoms with E-state index in [0.717, 1.165) is 5.75 Å². The lowest BCUT2D eigenvalue weighted by molar-refractivity contribution is -0.141. The largest absolute Gasteiger partial charge is 0.480 e. The highest BCUT2D eigenvalue weighted by Gasteiger charge is 2.33. The van der Waals surface area contributed by atoms with Gasteiger partial charge in [-0.05, 0) is 17.9 Å². The zero-order valence-electron chi connectivity index (χ0n) is 8.50. The number of nitrogens with one attached hydrogen (secondary N) is 1. The van der Waals surface area contributed by atoms with Gasteiger partial charge in [-0.3, -0.25) is 4.79 Å². The molecule has 1 unspecified atom stereocenters. The summed E-state index contributed by atoms with van der Waals surface area (Å²) in [5, 5.41) is 11.0. The van der Waals surface area contributed by atoms with Crippen molar-refractivity contribution in [2.24, 2.45) is 0 Å². The summed E-state index contributed by atoms with van der Waals surface area (Å²) in [5.41, 5.74) is 0. The van der Waals surface area contributed by atoms with Crippen LogP contribution >= 0.6 is 46.6 Å². The highest BCUT2D eigenvalue weighted by molar-refractivity contribution is 7.99. The maximum Gasteiger partial charge on any atom is 0.326 e. The Morgan fingerprint density at radius 2 is 2.00 bits per heavy atom. The van der Waals surface area contributed by atoms with Crippen LogP contribution in [-0.2, 0) is 9.59 Å². The molecular formula is C8H12Cl3NO3S. The van der Waals surface area contributed by atoms with Crippen LogP contribution in [-0.4, -0.2) is 38.3 Å². The first-order valence-corrected chi connectivity index (χ1v) is 6.76. The van der Waals surface area contributed by atoms with E-state index in [1.165, 1.54) is 0 Å². The van der Waals surface area contributed by atoms with Crippen molar-refractivity contribution < 1.29 is 14.7 Å². The minimum atomic E-state index is -2.13. The molecule has 0 aromatic carbocycles. The molecule has 0 radical (unpaired) electrons. The van der Waals surface area contributed by atoms with Crippen molar-refractivity contribution in [2.75, 3.05) is 11.5 Å². The number of amides is 1. The molecule has 0 rings (SSSR count). The number of carbonyl (C=O) groups is 2. The summed E-state index contributed by atoms with van der Waals surface area (Å²) in [6, 6.07) is -1.03. The summed E-state index contributed by atoms with van der Waals surface area (Å²) < 4.78 is -2.13. The predicted molar refractivity (Wildman–Crippen MR) is 67.5 cm³/mol. The van der Waals surface area contributed by atoms with Crippen LogP contribution in [0.2, 0.25) is 0 Å². The molecule has 0 spiro atoms. The van der Waals surface area contributed by atoms with E-state index in [1.54, 1.807) is 11.8 Å². The van der Waals surface area contributed by atoms with E-state index >= 15 is 0 Å². The average Bonchev–Trinajstić information content (AvgIpc) is 2.14. The quantitative estimate of drug-likeness (QED) is 0.582. The molecule has 0 bridgehead atoms. The van der Waals surface area contributed by atoms with E-state index in [-0.39, 0.29) is 0 Å². The van der Waals surface area contributed by atoms with Crippen LogP contribution < -0.4 is 5.32 Å². The molecule has 0 aromatic rings. The van der Waals surface area contributed by atoms with Crippen molar-refractivity contribution in [2.45, 2.75) is 23.2 Å². The fourth-order valence-corrected chi connectivity index (χ4v) is 1.70. The third-order valence-corrected chi connectivity index (χ3v) is 3.06. The molecule has 0 aromatic heterocycles. The van der Waals surface area contributed by atoms with Crippen LogP contribution in [0.25, 0.3) is 0 Å². The number of hydrogen-bond donors (Lipinski definition) is 2. The van der Waals surface area contributed by atoms with Crippen LogP contribution in [0.4, 0.5) is 0 Å². The van der Waals surface area contributed by atoms with E-state index < -0.39 is 21.7 Å². The number of alkyl halides is 3. The Morgan fingerprint density at radius 1 is 1.44 bits per heavy atom. The summed E-state index contributed by atoms with van der Waals surface area (Å²) in [5.74, 6) is -0.566. The van der Waals surface area contributed by atoms with Gasteiger partial charge in [0, 0.05) is 0 Å². The van der Waals surface area contributed by atoms with Gasteiger partial charge in [0.05, 0.1) is 0 Å². The molecule has 0 aliphatic rings. The van der Waals surface area contributed by atoms with Crippen molar-refractivity contribution >= 4 is 58.4 Å². The minimum Gasteiger partial charge on any atom is -0.480 e. The van der Waals surface area contributed by atoms with Crippen molar-refractivity contribution in [1.29, 1.82) is 0 Å². The van der Waals surface area contributed by atoms with Crippen LogP contribution in [0.15, 0.2) is 0 Å². The Morgan fingerprint density at radius 3 is 2.38 bits per heavy atom. The minimum absolute atomic E-state index is 0.292. The molecule has 94 valence electrons. The molecular weight excluding hydrogens is 297 g/mol. The molecule has 0 saturated carbocycles. The number of halogens is 3. The zero-order chi connectivity index (χ0) is 12.8. The topological polar surface area (TPSA) is 66.4 Å². The van der Waals surface area contributed by atoms with Crippen molar-refractivity contribution in [3.63, 3.8) is 0 Å². The van der Waals surface area contributed by atoms with Gasteiger partial charge in [0.15, 0.2) is 0 Å². The maximum atomic E-state index is 11.2. The summed E-state index contributed by atoms with van der Waals surface area (Å²) in [6.07, 6.45) is 0.292. The van der Waals surface area contributed by atoms with Crippen molar-refractivity contribution in [1.82, 2.24) is 5.32 Å². The lowest BCUT2D eigenvalue weighted by Crippen LogP contribution is -2.46. The lowest BCUT2D eigenvalue weighted by Gasteiger charge is -2.17. The fourth-order valence-electron chi connectivity index (χ4n) is 0.843. The van der Waals surface area contributed by atoms with Gasteiger partial charge in [-0.2, -0.15) is 11.8 Å². The average molecular weight is 309 g/mol. The Balaban J connectivity index is 4.24. The summed E-state index contributed by atoms with van der Waals surface area (Å²) >= 11 is 17.5. The summed E-state index contributed by atoms with van der Waals surface area (Å²) in [4.78, 5) is 22.0. The first-order valence-electron chi connectivity index (χ1n) is 4.47. The van der Waals surface area contributed by atoms with E-state index in [9.17, 15) is 9.59 Å². The standard InChI is InChI=1S/C8H12Cl3NO3S/c1-2-16-4-3-5(6(13)14)12-7(15)8(9,10)11/h5H,2-4H2,1H3,(H,12,15)(H,13,14). The monoisotopic (exact) mass is 307 g/mol. The molecule has 4 nitrogen and oxygen atoms in total. The van der Waals surface area contributed by atoms with E-state index in [4.69, 9.17) is 39.9 Å². The van der Waals surface area contributed by atoms with Gasteiger partial charge < -0.3 is 10.4 Å². The Labute approximate surface area is 113 Å². The van der Waals surface area contributed by atoms with Crippen LogP contribution in [0, 0.1) is 0 Å². The molecule has 0 aliphatic heterocycles. The third kappa shape index (κ3) is 6.68. The maximum absolute atomic E-state index is 11.2. The van der Waals surface area contributed by atoms with Gasteiger partial charge in [0.1, 0.15) is 6.04 Å². The Kier molecular flexibility index (Phi) is 7.55. The van der Waals surface area contributed by atoms with E-state index in [1.807, 2.05) is 6.92 Å². The third-order valence-electron chi connectivity index (χ3n) is 1.62. The molecule has 1 atom stereocenters. The number of rotatable bonds is 6. The van der Waals surface area contributed by atoms with Gasteiger partial charge in [0.2, 0.25) is 0 Å². The fraction of sp³-hybridized carbons (Fsp3) is 0.750. The number of hydrogen-bond acceptors (Lipinski definition) is 3. The normalized spacial score (nSPS) is 13.2. The molecule has 2 N–H and O–H groups in total. The molecule has 0 saturated heterocycles. The number of carbonyl (C=O) groups excluding carboxylic acids is 1. The van der Waals surface area contributed by atoms with E-state index in [2.05, 4.69) is 5.32 Å². The Bertz CT molecular complexity index is 257. The van der Waals surface area contributed by atoms with Gasteiger partial charge in [-0.25, -0.2) is 4.79 Å². The molecule has 0 fully saturated rings. The lowest BCUT2D eigenvalue weighted by atomic mass is 10.2. The molecule has 0 heterocycles. The highest BCUT2D eigenvalue weighted by Crippen LogP contribution is 2.26. The second kappa shape index (κ2) is 7.48. The van der Waals surface area contributed by atoms with Crippen LogP contribution in [0.1, 0.15) is 13.3 Å². The van der Waals surface area contributed by atoms with Gasteiger partial charge >= 0.3 is 5.97 Å². The highest BCUT2D eigenvalue weighted by atomic mass is 35.6. The summed E-state index contributed by atoms with van der Waals surface area (Å²) in [7, 11) is 0. The Hall–Kier alpha value is 0.160. The molecule has 0 aliphatic carbocycles. The van der Waals surface area contributed by atoms with Crippen molar-refractivity contribution in [3.8, 4) is 0 Å². The van der Waals surface area contributed by atoms with Gasteiger partial charge in [-0.15, -0.1) is 0 Å². The van der Waals surface area contributed by atoms with Crippen LogP contribution in [0.5, 0.6) is 0 Å². The van der Waals surface area contributed by atoms with E-state index in [0.29, 0.717) is 12.2 Å². The molecule has 1 amide bonds. The van der Waals surface area contributed by atoms with Gasteiger partial charge in [-0.1, -0.05) is 41.7 Å². The predicted octanol–water partition coefficient (Wildman–Crippen LogP) is 2.07. The first-order chi connectivity index (χ1) is 7.29. The first kappa shape index (κ1) is 16.2. The number of aliphatic carboxylic acids is 1. The zero-order valence-corrected chi connectivity index (χ0v) is 11.6.